The lowest BCUT2D eigenvalue weighted by Gasteiger charge is -2.29. The second-order valence-corrected chi connectivity index (χ2v) is 4.54. The van der Waals surface area contributed by atoms with Crippen LogP contribution >= 0.6 is 0 Å². The number of ether oxygens (including phenoxy) is 2. The van der Waals surface area contributed by atoms with Crippen molar-refractivity contribution in [3.63, 3.8) is 0 Å². The van der Waals surface area contributed by atoms with Crippen LogP contribution in [0.3, 0.4) is 0 Å². The molecule has 0 N–H and O–H groups in total. The molecule has 0 aromatic carbocycles. The Kier molecular flexibility index (Phi) is 5.05. The number of rotatable bonds is 4. The summed E-state index contributed by atoms with van der Waals surface area (Å²) in [6, 6.07) is 0. The van der Waals surface area contributed by atoms with Crippen LogP contribution in [-0.2, 0) is 14.3 Å². The smallest absolute Gasteiger partial charge is 0.306 e. The van der Waals surface area contributed by atoms with Crippen LogP contribution in [0.4, 0.5) is 0 Å². The standard InChI is InChI=1S/C11H21NO3/c1-9(2)6-11(13)15-8-10-7-12(3)4-5-14-10/h9-10H,4-8H2,1-3H3/t10-/m0/s1. The van der Waals surface area contributed by atoms with Crippen LogP contribution in [0.1, 0.15) is 20.3 Å². The lowest BCUT2D eigenvalue weighted by atomic mass is 10.1. The van der Waals surface area contributed by atoms with Gasteiger partial charge in [-0.2, -0.15) is 0 Å². The monoisotopic (exact) mass is 215 g/mol. The zero-order valence-electron chi connectivity index (χ0n) is 9.86. The van der Waals surface area contributed by atoms with Crippen LogP contribution in [0.15, 0.2) is 0 Å². The van der Waals surface area contributed by atoms with Gasteiger partial charge in [0.2, 0.25) is 0 Å². The predicted molar refractivity (Wildman–Crippen MR) is 57.7 cm³/mol. The first kappa shape index (κ1) is 12.5. The lowest BCUT2D eigenvalue weighted by molar-refractivity contribution is -0.151. The molecule has 1 rings (SSSR count). The minimum absolute atomic E-state index is 0.0415. The average Bonchev–Trinajstić information content (AvgIpc) is 2.14. The molecule has 0 aromatic rings. The molecule has 0 amide bonds. The molecule has 0 bridgehead atoms. The highest BCUT2D eigenvalue weighted by molar-refractivity contribution is 5.69. The predicted octanol–water partition coefficient (Wildman–Crippen LogP) is 0.906. The molecule has 1 atom stereocenters. The van der Waals surface area contributed by atoms with Crippen LogP contribution in [0.25, 0.3) is 0 Å². The van der Waals surface area contributed by atoms with Crippen molar-refractivity contribution in [1.82, 2.24) is 4.90 Å². The Hall–Kier alpha value is -0.610. The van der Waals surface area contributed by atoms with Gasteiger partial charge in [0.05, 0.1) is 6.61 Å². The van der Waals surface area contributed by atoms with Crippen molar-refractivity contribution >= 4 is 5.97 Å². The van der Waals surface area contributed by atoms with Gasteiger partial charge in [0.25, 0.3) is 0 Å². The lowest BCUT2D eigenvalue weighted by Crippen LogP contribution is -2.42. The van der Waals surface area contributed by atoms with E-state index in [9.17, 15) is 4.79 Å². The van der Waals surface area contributed by atoms with Gasteiger partial charge in [-0.1, -0.05) is 13.8 Å². The molecule has 0 aliphatic carbocycles. The first-order valence-corrected chi connectivity index (χ1v) is 5.53. The normalized spacial score (nSPS) is 23.1. The summed E-state index contributed by atoms with van der Waals surface area (Å²) in [7, 11) is 2.05. The molecule has 88 valence electrons. The van der Waals surface area contributed by atoms with Gasteiger partial charge in [-0.25, -0.2) is 0 Å². The van der Waals surface area contributed by atoms with E-state index < -0.39 is 0 Å². The van der Waals surface area contributed by atoms with Crippen molar-refractivity contribution < 1.29 is 14.3 Å². The number of hydrogen-bond acceptors (Lipinski definition) is 4. The van der Waals surface area contributed by atoms with Crippen LogP contribution < -0.4 is 0 Å². The summed E-state index contributed by atoms with van der Waals surface area (Å²) in [6.45, 7) is 6.92. The number of carbonyl (C=O) groups excluding carboxylic acids is 1. The molecule has 0 radical (unpaired) electrons. The van der Waals surface area contributed by atoms with Gasteiger partial charge in [-0.3, -0.25) is 4.79 Å². The molecule has 15 heavy (non-hydrogen) atoms. The van der Waals surface area contributed by atoms with Crippen LogP contribution in [0, 0.1) is 5.92 Å². The Labute approximate surface area is 91.5 Å². The Morgan fingerprint density at radius 2 is 2.33 bits per heavy atom. The van der Waals surface area contributed by atoms with E-state index in [2.05, 4.69) is 4.90 Å². The van der Waals surface area contributed by atoms with Crippen molar-refractivity contribution in [2.24, 2.45) is 5.92 Å². The van der Waals surface area contributed by atoms with E-state index in [-0.39, 0.29) is 12.1 Å². The summed E-state index contributed by atoms with van der Waals surface area (Å²) in [5.41, 5.74) is 0. The van der Waals surface area contributed by atoms with Crippen molar-refractivity contribution in [1.29, 1.82) is 0 Å². The SMILES string of the molecule is CC(C)CC(=O)OC[C@@H]1CN(C)CCO1. The van der Waals surface area contributed by atoms with Crippen LogP contribution in [0.2, 0.25) is 0 Å². The molecule has 1 heterocycles. The minimum atomic E-state index is -0.123. The molecule has 1 aliphatic rings. The second-order valence-electron chi connectivity index (χ2n) is 4.54. The summed E-state index contributed by atoms with van der Waals surface area (Å²) in [4.78, 5) is 13.5. The molecule has 0 aromatic heterocycles. The number of nitrogens with zero attached hydrogens (tertiary/aromatic N) is 1. The molecule has 4 nitrogen and oxygen atoms in total. The second kappa shape index (κ2) is 6.08. The number of likely N-dealkylation sites (N-methyl/N-ethyl adjacent to an activating group) is 1. The maximum Gasteiger partial charge on any atom is 0.306 e. The molecule has 0 spiro atoms. The zero-order chi connectivity index (χ0) is 11.3. The highest BCUT2D eigenvalue weighted by Crippen LogP contribution is 2.06. The number of esters is 1. The fourth-order valence-corrected chi connectivity index (χ4v) is 1.55. The summed E-state index contributed by atoms with van der Waals surface area (Å²) in [6.07, 6.45) is 0.530. The van der Waals surface area contributed by atoms with E-state index >= 15 is 0 Å². The fourth-order valence-electron chi connectivity index (χ4n) is 1.55. The Bertz CT molecular complexity index is 206. The summed E-state index contributed by atoms with van der Waals surface area (Å²) >= 11 is 0. The number of hydrogen-bond donors (Lipinski definition) is 0. The third-order valence-corrected chi connectivity index (χ3v) is 2.35. The Morgan fingerprint density at radius 1 is 1.60 bits per heavy atom. The van der Waals surface area contributed by atoms with E-state index in [1.165, 1.54) is 0 Å². The first-order chi connectivity index (χ1) is 7.08. The molecule has 0 unspecified atom stereocenters. The van der Waals surface area contributed by atoms with Gasteiger partial charge in [-0.15, -0.1) is 0 Å². The topological polar surface area (TPSA) is 38.8 Å². The molecule has 1 saturated heterocycles. The van der Waals surface area contributed by atoms with Crippen molar-refractivity contribution in [2.75, 3.05) is 33.4 Å². The van der Waals surface area contributed by atoms with Crippen molar-refractivity contribution in [3.05, 3.63) is 0 Å². The summed E-state index contributed by atoms with van der Waals surface area (Å²) < 4.78 is 10.6. The average molecular weight is 215 g/mol. The van der Waals surface area contributed by atoms with E-state index in [1.807, 2.05) is 20.9 Å². The molecule has 1 fully saturated rings. The van der Waals surface area contributed by atoms with Crippen LogP contribution in [-0.4, -0.2) is 50.3 Å². The largest absolute Gasteiger partial charge is 0.463 e. The molecular weight excluding hydrogens is 194 g/mol. The van der Waals surface area contributed by atoms with Gasteiger partial charge in [-0.05, 0) is 13.0 Å². The quantitative estimate of drug-likeness (QED) is 0.653. The van der Waals surface area contributed by atoms with E-state index in [4.69, 9.17) is 9.47 Å². The van der Waals surface area contributed by atoms with Gasteiger partial charge in [0.15, 0.2) is 0 Å². The van der Waals surface area contributed by atoms with E-state index in [0.717, 1.165) is 19.7 Å². The Balaban J connectivity index is 2.16. The van der Waals surface area contributed by atoms with Crippen LogP contribution in [0.5, 0.6) is 0 Å². The minimum Gasteiger partial charge on any atom is -0.463 e. The molecule has 4 heteroatoms. The van der Waals surface area contributed by atoms with E-state index in [1.54, 1.807) is 0 Å². The van der Waals surface area contributed by atoms with E-state index in [0.29, 0.717) is 18.9 Å². The summed E-state index contributed by atoms with van der Waals surface area (Å²) in [5.74, 6) is 0.231. The van der Waals surface area contributed by atoms with Crippen molar-refractivity contribution in [3.8, 4) is 0 Å². The number of morpholine rings is 1. The summed E-state index contributed by atoms with van der Waals surface area (Å²) in [5, 5.41) is 0. The highest BCUT2D eigenvalue weighted by Gasteiger charge is 2.19. The van der Waals surface area contributed by atoms with Gasteiger partial charge >= 0.3 is 5.97 Å². The molecule has 0 saturated carbocycles. The fraction of sp³-hybridized carbons (Fsp3) is 0.909. The van der Waals surface area contributed by atoms with Crippen molar-refractivity contribution in [2.45, 2.75) is 26.4 Å². The Morgan fingerprint density at radius 3 is 2.93 bits per heavy atom. The third-order valence-electron chi connectivity index (χ3n) is 2.35. The zero-order valence-corrected chi connectivity index (χ0v) is 9.86. The highest BCUT2D eigenvalue weighted by atomic mass is 16.6. The molecule has 1 aliphatic heterocycles. The number of carbonyl (C=O) groups is 1. The maximum absolute atomic E-state index is 11.3. The first-order valence-electron chi connectivity index (χ1n) is 5.53. The van der Waals surface area contributed by atoms with Gasteiger partial charge in [0.1, 0.15) is 12.7 Å². The van der Waals surface area contributed by atoms with Gasteiger partial charge in [0, 0.05) is 19.5 Å². The van der Waals surface area contributed by atoms with Gasteiger partial charge < -0.3 is 14.4 Å². The maximum atomic E-state index is 11.3. The molecular formula is C11H21NO3. The third kappa shape index (κ3) is 5.14.